The van der Waals surface area contributed by atoms with Crippen molar-refractivity contribution in [1.82, 2.24) is 30.0 Å². The van der Waals surface area contributed by atoms with E-state index in [0.717, 1.165) is 45.5 Å². The molecule has 0 aliphatic carbocycles. The molecule has 9 nitrogen and oxygen atoms in total. The Bertz CT molecular complexity index is 1870. The molecule has 3 aromatic heterocycles. The van der Waals surface area contributed by atoms with E-state index in [0.29, 0.717) is 25.2 Å². The summed E-state index contributed by atoms with van der Waals surface area (Å²) in [6.07, 6.45) is 6.05. The molecule has 9 heteroatoms. The number of rotatable bonds is 11. The van der Waals surface area contributed by atoms with E-state index in [-0.39, 0.29) is 5.91 Å². The number of carbonyl (C=O) groups is 1. The van der Waals surface area contributed by atoms with Gasteiger partial charge in [0.05, 0.1) is 25.2 Å². The first kappa shape index (κ1) is 28.2. The molecule has 0 saturated carbocycles. The smallest absolute Gasteiger partial charge is 0.240 e. The summed E-state index contributed by atoms with van der Waals surface area (Å²) in [6.45, 7) is 3.94. The minimum absolute atomic E-state index is 0.256. The summed E-state index contributed by atoms with van der Waals surface area (Å²) in [4.78, 5) is 20.0. The van der Waals surface area contributed by atoms with Crippen LogP contribution in [-0.4, -0.2) is 43.3 Å². The highest BCUT2D eigenvalue weighted by Crippen LogP contribution is 2.27. The van der Waals surface area contributed by atoms with Gasteiger partial charge in [-0.2, -0.15) is 0 Å². The normalized spacial score (nSPS) is 12.6. The number of methoxy groups -OCH3 is 1. The maximum atomic E-state index is 13.3. The fraction of sp³-hybridized carbons (Fsp3) is 0.265. The first-order valence-corrected chi connectivity index (χ1v) is 14.5. The Morgan fingerprint density at radius 3 is 2.30 bits per heavy atom. The molecule has 0 bridgehead atoms. The van der Waals surface area contributed by atoms with Crippen LogP contribution in [0.1, 0.15) is 48.2 Å². The Hall–Kier alpha value is -4.89. The molecule has 5 N–H and O–H groups in total. The minimum Gasteiger partial charge on any atom is -0.497 e. The van der Waals surface area contributed by atoms with Gasteiger partial charge in [-0.3, -0.25) is 4.79 Å². The molecular weight excluding hydrogens is 538 g/mol. The zero-order chi connectivity index (χ0) is 30.0. The molecule has 1 atom stereocenters. The fourth-order valence-electron chi connectivity index (χ4n) is 5.57. The Morgan fingerprint density at radius 1 is 0.930 bits per heavy atom. The predicted octanol–water partition coefficient (Wildman–Crippen LogP) is 5.22. The maximum absolute atomic E-state index is 13.3. The zero-order valence-electron chi connectivity index (χ0n) is 24.7. The lowest BCUT2D eigenvalue weighted by Crippen LogP contribution is -2.50. The summed E-state index contributed by atoms with van der Waals surface area (Å²) < 4.78 is 7.63. The van der Waals surface area contributed by atoms with Gasteiger partial charge in [0, 0.05) is 47.0 Å². The van der Waals surface area contributed by atoms with Gasteiger partial charge in [0.25, 0.3) is 0 Å². The van der Waals surface area contributed by atoms with Gasteiger partial charge in [0.15, 0.2) is 5.82 Å². The standard InChI is InChI=1S/C34H37N7O2/c1-34(2,35)33(42)38-30(18-24-20-37-29-14-7-5-12-27(24)29)32-40-39-31(41(32)21-22-9-8-10-25(17-22)43-3)16-15-23-19-36-28-13-6-4-11-26(23)28/h4-14,17,19-20,30,36-37H,15-16,18,21,35H2,1-3H3,(H,38,42)/t30-/m1/s1. The topological polar surface area (TPSA) is 127 Å². The van der Waals surface area contributed by atoms with E-state index in [1.54, 1.807) is 21.0 Å². The van der Waals surface area contributed by atoms with Crippen LogP contribution in [0.5, 0.6) is 5.75 Å². The van der Waals surface area contributed by atoms with E-state index in [1.807, 2.05) is 48.7 Å². The third-order valence-corrected chi connectivity index (χ3v) is 7.92. The third-order valence-electron chi connectivity index (χ3n) is 7.92. The van der Waals surface area contributed by atoms with Crippen molar-refractivity contribution in [3.8, 4) is 5.75 Å². The molecule has 0 spiro atoms. The number of benzene rings is 3. The Kier molecular flexibility index (Phi) is 7.73. The molecule has 0 aliphatic rings. The van der Waals surface area contributed by atoms with Crippen molar-refractivity contribution < 1.29 is 9.53 Å². The number of H-pyrrole nitrogens is 2. The van der Waals surface area contributed by atoms with E-state index in [1.165, 1.54) is 10.9 Å². The van der Waals surface area contributed by atoms with Crippen molar-refractivity contribution in [2.75, 3.05) is 7.11 Å². The summed E-state index contributed by atoms with van der Waals surface area (Å²) >= 11 is 0. The molecule has 0 aliphatic heterocycles. The number of nitrogens with one attached hydrogen (secondary N) is 3. The van der Waals surface area contributed by atoms with Crippen molar-refractivity contribution in [1.29, 1.82) is 0 Å². The SMILES string of the molecule is COc1cccc(Cn2c(CCc3c[nH]c4ccccc34)nnc2[C@@H](Cc2c[nH]c3ccccc23)NC(=O)C(C)(C)N)c1. The van der Waals surface area contributed by atoms with Crippen molar-refractivity contribution >= 4 is 27.7 Å². The second-order valence-corrected chi connectivity index (χ2v) is 11.6. The molecule has 6 aromatic rings. The number of fused-ring (bicyclic) bond motifs is 2. The summed E-state index contributed by atoms with van der Waals surface area (Å²) in [5.41, 5.74) is 10.7. The number of amides is 1. The van der Waals surface area contributed by atoms with E-state index in [9.17, 15) is 4.79 Å². The molecule has 0 unspecified atom stereocenters. The van der Waals surface area contributed by atoms with Crippen LogP contribution < -0.4 is 15.8 Å². The molecule has 220 valence electrons. The van der Waals surface area contributed by atoms with Crippen LogP contribution in [0, 0.1) is 0 Å². The molecule has 0 saturated heterocycles. The van der Waals surface area contributed by atoms with Gasteiger partial charge in [0.2, 0.25) is 5.91 Å². The van der Waals surface area contributed by atoms with E-state index >= 15 is 0 Å². The van der Waals surface area contributed by atoms with E-state index < -0.39 is 11.6 Å². The number of hydrogen-bond acceptors (Lipinski definition) is 5. The Balaban J connectivity index is 1.39. The molecule has 0 fully saturated rings. The molecule has 43 heavy (non-hydrogen) atoms. The van der Waals surface area contributed by atoms with E-state index in [4.69, 9.17) is 20.7 Å². The second-order valence-electron chi connectivity index (χ2n) is 11.6. The second kappa shape index (κ2) is 11.8. The van der Waals surface area contributed by atoms with Crippen LogP contribution in [0.15, 0.2) is 85.2 Å². The molecule has 3 aromatic carbocycles. The Labute approximate surface area is 250 Å². The molecule has 0 radical (unpaired) electrons. The van der Waals surface area contributed by atoms with Crippen molar-refractivity contribution in [3.05, 3.63) is 114 Å². The minimum atomic E-state index is -1.06. The highest BCUT2D eigenvalue weighted by atomic mass is 16.5. The first-order chi connectivity index (χ1) is 20.8. The summed E-state index contributed by atoms with van der Waals surface area (Å²) in [5.74, 6) is 2.04. The number of aromatic amines is 2. The van der Waals surface area contributed by atoms with Crippen LogP contribution in [-0.2, 0) is 30.6 Å². The van der Waals surface area contributed by atoms with Gasteiger partial charge >= 0.3 is 0 Å². The van der Waals surface area contributed by atoms with Gasteiger partial charge in [-0.1, -0.05) is 48.5 Å². The van der Waals surface area contributed by atoms with Crippen molar-refractivity contribution in [3.63, 3.8) is 0 Å². The number of aromatic nitrogens is 5. The number of carbonyl (C=O) groups excluding carboxylic acids is 1. The van der Waals surface area contributed by atoms with Gasteiger partial charge in [0.1, 0.15) is 11.6 Å². The monoisotopic (exact) mass is 575 g/mol. The summed E-state index contributed by atoms with van der Waals surface area (Å²) in [7, 11) is 1.66. The average Bonchev–Trinajstić information content (AvgIpc) is 3.72. The fourth-order valence-corrected chi connectivity index (χ4v) is 5.57. The molecule has 3 heterocycles. The lowest BCUT2D eigenvalue weighted by Gasteiger charge is -2.25. The number of ether oxygens (including phenoxy) is 1. The van der Waals surface area contributed by atoms with Gasteiger partial charge in [-0.25, -0.2) is 0 Å². The largest absolute Gasteiger partial charge is 0.497 e. The zero-order valence-corrected chi connectivity index (χ0v) is 24.7. The van der Waals surface area contributed by atoms with Crippen LogP contribution in [0.2, 0.25) is 0 Å². The number of hydrogen-bond donors (Lipinski definition) is 4. The van der Waals surface area contributed by atoms with Gasteiger partial charge < -0.3 is 30.3 Å². The van der Waals surface area contributed by atoms with Gasteiger partial charge in [-0.15, -0.1) is 10.2 Å². The van der Waals surface area contributed by atoms with Crippen molar-refractivity contribution in [2.24, 2.45) is 5.73 Å². The molecule has 6 rings (SSSR count). The number of nitrogens with zero attached hydrogens (tertiary/aromatic N) is 3. The highest BCUT2D eigenvalue weighted by Gasteiger charge is 2.29. The lowest BCUT2D eigenvalue weighted by molar-refractivity contribution is -0.126. The van der Waals surface area contributed by atoms with Crippen molar-refractivity contribution in [2.45, 2.75) is 51.2 Å². The van der Waals surface area contributed by atoms with Crippen LogP contribution in [0.25, 0.3) is 21.8 Å². The quantitative estimate of drug-likeness (QED) is 0.169. The highest BCUT2D eigenvalue weighted by molar-refractivity contribution is 5.86. The predicted molar refractivity (Wildman–Crippen MR) is 169 cm³/mol. The maximum Gasteiger partial charge on any atom is 0.240 e. The summed E-state index contributed by atoms with van der Waals surface area (Å²) in [6, 6.07) is 24.0. The van der Waals surface area contributed by atoms with Gasteiger partial charge in [-0.05, 0) is 61.2 Å². The Morgan fingerprint density at radius 2 is 1.60 bits per heavy atom. The van der Waals surface area contributed by atoms with Crippen LogP contribution >= 0.6 is 0 Å². The average molecular weight is 576 g/mol. The van der Waals surface area contributed by atoms with Crippen LogP contribution in [0.3, 0.4) is 0 Å². The van der Waals surface area contributed by atoms with Crippen LogP contribution in [0.4, 0.5) is 0 Å². The lowest BCUT2D eigenvalue weighted by atomic mass is 10.0. The first-order valence-electron chi connectivity index (χ1n) is 14.5. The third kappa shape index (κ3) is 6.03. The molecular formula is C34H37N7O2. The number of nitrogens with two attached hydrogens (primary N) is 1. The van der Waals surface area contributed by atoms with E-state index in [2.05, 4.69) is 56.4 Å². The number of para-hydroxylation sites is 2. The molecule has 1 amide bonds. The summed E-state index contributed by atoms with van der Waals surface area (Å²) in [5, 5.41) is 14.9. The number of aryl methyl sites for hydroxylation is 2.